The van der Waals surface area contributed by atoms with Crippen molar-refractivity contribution >= 4 is 17.0 Å². The van der Waals surface area contributed by atoms with E-state index in [1.807, 2.05) is 32.9 Å². The van der Waals surface area contributed by atoms with Crippen LogP contribution in [-0.4, -0.2) is 43.4 Å². The van der Waals surface area contributed by atoms with Gasteiger partial charge in [-0.15, -0.1) is 0 Å². The number of hydrogen-bond acceptors (Lipinski definition) is 3. The first kappa shape index (κ1) is 23.8. The highest BCUT2D eigenvalue weighted by Gasteiger charge is 2.29. The van der Waals surface area contributed by atoms with Gasteiger partial charge in [-0.1, -0.05) is 70.5 Å². The van der Waals surface area contributed by atoms with E-state index in [0.29, 0.717) is 5.41 Å². The van der Waals surface area contributed by atoms with Crippen molar-refractivity contribution in [2.75, 3.05) is 37.6 Å². The van der Waals surface area contributed by atoms with Gasteiger partial charge in [-0.05, 0) is 60.1 Å². The summed E-state index contributed by atoms with van der Waals surface area (Å²) in [5.74, 6) is 0.205. The van der Waals surface area contributed by atoms with Crippen molar-refractivity contribution in [1.82, 2.24) is 4.90 Å². The molecule has 0 radical (unpaired) electrons. The van der Waals surface area contributed by atoms with Crippen molar-refractivity contribution in [1.29, 1.82) is 0 Å². The Labute approximate surface area is 200 Å². The summed E-state index contributed by atoms with van der Waals surface area (Å²) in [4.78, 5) is 17.6. The first-order valence-electron chi connectivity index (χ1n) is 12.5. The zero-order valence-corrected chi connectivity index (χ0v) is 21.2. The fourth-order valence-electron chi connectivity index (χ4n) is 5.24. The van der Waals surface area contributed by atoms with E-state index in [4.69, 9.17) is 0 Å². The number of Topliss-reactive ketones (excluding diaryl/α,β-unsaturated/α-hetero) is 1. The van der Waals surface area contributed by atoms with Crippen LogP contribution in [0.5, 0.6) is 0 Å². The minimum atomic E-state index is -0.339. The van der Waals surface area contributed by atoms with Gasteiger partial charge in [-0.25, -0.2) is 0 Å². The van der Waals surface area contributed by atoms with Crippen LogP contribution in [0.2, 0.25) is 0 Å². The molecule has 2 aromatic carbocycles. The highest BCUT2D eigenvalue weighted by Crippen LogP contribution is 2.42. The molecule has 2 aromatic rings. The molecule has 0 atom stereocenters. The van der Waals surface area contributed by atoms with E-state index in [2.05, 4.69) is 66.1 Å². The molecule has 33 heavy (non-hydrogen) atoms. The van der Waals surface area contributed by atoms with Crippen LogP contribution in [0.15, 0.2) is 60.2 Å². The van der Waals surface area contributed by atoms with Crippen molar-refractivity contribution in [3.63, 3.8) is 0 Å². The molecule has 0 aromatic heterocycles. The van der Waals surface area contributed by atoms with Gasteiger partial charge in [0.25, 0.3) is 0 Å². The Hall–Kier alpha value is -2.39. The summed E-state index contributed by atoms with van der Waals surface area (Å²) in [6.07, 6.45) is 3.65. The predicted molar refractivity (Wildman–Crippen MR) is 140 cm³/mol. The number of carbonyl (C=O) groups excluding carboxylic acids is 1. The molecule has 1 fully saturated rings. The maximum atomic E-state index is 12.5. The van der Waals surface area contributed by atoms with Crippen molar-refractivity contribution in [3.8, 4) is 0 Å². The Morgan fingerprint density at radius 1 is 0.909 bits per heavy atom. The summed E-state index contributed by atoms with van der Waals surface area (Å²) in [6.45, 7) is 16.1. The lowest BCUT2D eigenvalue weighted by molar-refractivity contribution is 0.0858. The Morgan fingerprint density at radius 2 is 1.55 bits per heavy atom. The Bertz CT molecular complexity index is 988. The monoisotopic (exact) mass is 444 g/mol. The summed E-state index contributed by atoms with van der Waals surface area (Å²) < 4.78 is 0. The van der Waals surface area contributed by atoms with E-state index >= 15 is 0 Å². The van der Waals surface area contributed by atoms with Crippen molar-refractivity contribution in [3.05, 3.63) is 71.3 Å². The lowest BCUT2D eigenvalue weighted by atomic mass is 9.73. The number of piperazine rings is 1. The standard InChI is InChI=1S/C30H40N2O/c1-29(2,3)28(33)24-11-13-26(14-12-24)32-19-17-31(18-20-32)22-25-21-30(4,5)16-15-27(25)23-9-7-6-8-10-23/h6-14H,15-22H2,1-5H3. The number of allylic oxidation sites excluding steroid dienone is 1. The maximum Gasteiger partial charge on any atom is 0.168 e. The van der Waals surface area contributed by atoms with Crippen LogP contribution in [0, 0.1) is 10.8 Å². The number of ketones is 1. The molecule has 3 heteroatoms. The lowest BCUT2D eigenvalue weighted by Crippen LogP contribution is -2.47. The topological polar surface area (TPSA) is 23.6 Å². The lowest BCUT2D eigenvalue weighted by Gasteiger charge is -2.39. The molecule has 3 nitrogen and oxygen atoms in total. The molecule has 1 aliphatic heterocycles. The van der Waals surface area contributed by atoms with Gasteiger partial charge < -0.3 is 4.90 Å². The summed E-state index contributed by atoms with van der Waals surface area (Å²) >= 11 is 0. The van der Waals surface area contributed by atoms with Crippen LogP contribution in [0.3, 0.4) is 0 Å². The minimum absolute atomic E-state index is 0.205. The zero-order valence-electron chi connectivity index (χ0n) is 21.2. The fraction of sp³-hybridized carbons (Fsp3) is 0.500. The van der Waals surface area contributed by atoms with E-state index in [1.165, 1.54) is 30.5 Å². The molecule has 1 heterocycles. The summed E-state index contributed by atoms with van der Waals surface area (Å²) in [6, 6.07) is 19.2. The highest BCUT2D eigenvalue weighted by molar-refractivity contribution is 6.00. The second-order valence-corrected chi connectivity index (χ2v) is 11.7. The van der Waals surface area contributed by atoms with Gasteiger partial charge in [-0.3, -0.25) is 9.69 Å². The van der Waals surface area contributed by atoms with E-state index in [9.17, 15) is 4.79 Å². The van der Waals surface area contributed by atoms with E-state index in [0.717, 1.165) is 38.3 Å². The minimum Gasteiger partial charge on any atom is -0.369 e. The molecule has 0 amide bonds. The third-order valence-corrected chi connectivity index (χ3v) is 7.26. The second kappa shape index (κ2) is 9.46. The highest BCUT2D eigenvalue weighted by atomic mass is 16.1. The van der Waals surface area contributed by atoms with Gasteiger partial charge >= 0.3 is 0 Å². The molecule has 0 N–H and O–H groups in total. The summed E-state index contributed by atoms with van der Waals surface area (Å²) in [7, 11) is 0. The average Bonchev–Trinajstić information content (AvgIpc) is 2.79. The van der Waals surface area contributed by atoms with Gasteiger partial charge in [-0.2, -0.15) is 0 Å². The second-order valence-electron chi connectivity index (χ2n) is 11.7. The maximum absolute atomic E-state index is 12.5. The first-order chi connectivity index (χ1) is 15.6. The van der Waals surface area contributed by atoms with Gasteiger partial charge in [0.15, 0.2) is 5.78 Å². The Balaban J connectivity index is 1.41. The van der Waals surface area contributed by atoms with Gasteiger partial charge in [0, 0.05) is 49.4 Å². The van der Waals surface area contributed by atoms with E-state index in [1.54, 1.807) is 11.1 Å². The quantitative estimate of drug-likeness (QED) is 0.479. The molecular formula is C30H40N2O. The Morgan fingerprint density at radius 3 is 2.15 bits per heavy atom. The van der Waals surface area contributed by atoms with Crippen LogP contribution in [0.1, 0.15) is 69.8 Å². The SMILES string of the molecule is CC1(C)CCC(c2ccccc2)=C(CN2CCN(c3ccc(C(=O)C(C)(C)C)cc3)CC2)C1. The molecule has 0 unspecified atom stereocenters. The summed E-state index contributed by atoms with van der Waals surface area (Å²) in [5, 5.41) is 0. The number of hydrogen-bond donors (Lipinski definition) is 0. The van der Waals surface area contributed by atoms with Crippen LogP contribution in [-0.2, 0) is 0 Å². The number of carbonyl (C=O) groups is 1. The molecule has 0 saturated carbocycles. The molecule has 176 valence electrons. The van der Waals surface area contributed by atoms with Crippen molar-refractivity contribution in [2.45, 2.75) is 53.9 Å². The van der Waals surface area contributed by atoms with E-state index < -0.39 is 0 Å². The first-order valence-corrected chi connectivity index (χ1v) is 12.5. The fourth-order valence-corrected chi connectivity index (χ4v) is 5.24. The zero-order chi connectivity index (χ0) is 23.6. The average molecular weight is 445 g/mol. The molecule has 1 saturated heterocycles. The smallest absolute Gasteiger partial charge is 0.168 e. The number of rotatable bonds is 5. The molecular weight excluding hydrogens is 404 g/mol. The van der Waals surface area contributed by atoms with Gasteiger partial charge in [0.2, 0.25) is 0 Å². The molecule has 2 aliphatic rings. The third kappa shape index (κ3) is 5.76. The van der Waals surface area contributed by atoms with Crippen LogP contribution in [0.25, 0.3) is 5.57 Å². The van der Waals surface area contributed by atoms with Gasteiger partial charge in [0.05, 0.1) is 0 Å². The van der Waals surface area contributed by atoms with Crippen molar-refractivity contribution < 1.29 is 4.79 Å². The largest absolute Gasteiger partial charge is 0.369 e. The van der Waals surface area contributed by atoms with Crippen LogP contribution in [0.4, 0.5) is 5.69 Å². The molecule has 4 rings (SSSR count). The van der Waals surface area contributed by atoms with Gasteiger partial charge in [0.1, 0.15) is 0 Å². The summed E-state index contributed by atoms with van der Waals surface area (Å²) in [5.41, 5.74) is 6.71. The molecule has 1 aliphatic carbocycles. The number of anilines is 1. The molecule has 0 spiro atoms. The number of nitrogens with zero attached hydrogens (tertiary/aromatic N) is 2. The van der Waals surface area contributed by atoms with Crippen LogP contribution >= 0.6 is 0 Å². The number of benzene rings is 2. The Kier molecular flexibility index (Phi) is 6.81. The predicted octanol–water partition coefficient (Wildman–Crippen LogP) is 6.70. The van der Waals surface area contributed by atoms with Crippen molar-refractivity contribution in [2.24, 2.45) is 10.8 Å². The molecule has 0 bridgehead atoms. The van der Waals surface area contributed by atoms with E-state index in [-0.39, 0.29) is 11.2 Å². The third-order valence-electron chi connectivity index (χ3n) is 7.26. The normalized spacial score (nSPS) is 19.6. The van der Waals surface area contributed by atoms with Crippen LogP contribution < -0.4 is 4.90 Å².